The maximum Gasteiger partial charge on any atom is 0.519 e. The molecular weight excluding hydrogens is 240 g/mol. The first-order chi connectivity index (χ1) is 9.16. The van der Waals surface area contributed by atoms with Gasteiger partial charge in [0.2, 0.25) is 0 Å². The number of rotatable bonds is 3. The summed E-state index contributed by atoms with van der Waals surface area (Å²) in [6.45, 7) is 4.09. The summed E-state index contributed by atoms with van der Waals surface area (Å²) in [6.07, 6.45) is -0.723. The Kier molecular flexibility index (Phi) is 4.18. The van der Waals surface area contributed by atoms with Crippen LogP contribution in [0.15, 0.2) is 54.6 Å². The lowest BCUT2D eigenvalue weighted by Crippen LogP contribution is -2.14. The molecule has 19 heavy (non-hydrogen) atoms. The summed E-state index contributed by atoms with van der Waals surface area (Å²) in [5.41, 5.74) is 0.979. The maximum absolute atomic E-state index is 11.7. The molecule has 2 aromatic rings. The van der Waals surface area contributed by atoms with Gasteiger partial charge in [-0.2, -0.15) is 0 Å². The molecule has 2 aromatic carbocycles. The van der Waals surface area contributed by atoms with Crippen LogP contribution >= 0.6 is 0 Å². The van der Waals surface area contributed by atoms with E-state index < -0.39 is 6.16 Å². The van der Waals surface area contributed by atoms with Gasteiger partial charge in [0.15, 0.2) is 0 Å². The van der Waals surface area contributed by atoms with Gasteiger partial charge in [-0.15, -0.1) is 0 Å². The monoisotopic (exact) mass is 256 g/mol. The zero-order valence-corrected chi connectivity index (χ0v) is 11.0. The standard InChI is InChI=1S/C16H16O3/c1-12(2)14-10-6-7-11-15(14)19-16(17)18-13-8-4-3-5-9-13/h3-12H,1-2H3. The van der Waals surface area contributed by atoms with Crippen LogP contribution < -0.4 is 9.47 Å². The van der Waals surface area contributed by atoms with Crippen LogP contribution in [0.1, 0.15) is 25.3 Å². The molecule has 0 aromatic heterocycles. The van der Waals surface area contributed by atoms with Gasteiger partial charge >= 0.3 is 6.16 Å². The van der Waals surface area contributed by atoms with Gasteiger partial charge in [-0.05, 0) is 29.7 Å². The smallest absolute Gasteiger partial charge is 0.395 e. The van der Waals surface area contributed by atoms with Crippen molar-refractivity contribution in [1.82, 2.24) is 0 Å². The molecule has 0 N–H and O–H groups in total. The van der Waals surface area contributed by atoms with Crippen molar-refractivity contribution in [2.45, 2.75) is 19.8 Å². The number of benzene rings is 2. The third-order valence-electron chi connectivity index (χ3n) is 2.68. The van der Waals surface area contributed by atoms with E-state index in [2.05, 4.69) is 0 Å². The van der Waals surface area contributed by atoms with Gasteiger partial charge in [0, 0.05) is 0 Å². The Labute approximate surface area is 112 Å². The van der Waals surface area contributed by atoms with Crippen molar-refractivity contribution in [3.63, 3.8) is 0 Å². The van der Waals surface area contributed by atoms with Crippen LogP contribution in [0.5, 0.6) is 11.5 Å². The van der Waals surface area contributed by atoms with Crippen LogP contribution in [0, 0.1) is 0 Å². The molecule has 0 amide bonds. The van der Waals surface area contributed by atoms with E-state index in [9.17, 15) is 4.79 Å². The summed E-state index contributed by atoms with van der Waals surface area (Å²) in [5.74, 6) is 1.29. The minimum atomic E-state index is -0.723. The Bertz CT molecular complexity index is 547. The topological polar surface area (TPSA) is 35.5 Å². The first-order valence-electron chi connectivity index (χ1n) is 6.20. The summed E-state index contributed by atoms with van der Waals surface area (Å²) in [5, 5.41) is 0. The molecule has 0 aliphatic heterocycles. The fourth-order valence-corrected chi connectivity index (χ4v) is 1.75. The summed E-state index contributed by atoms with van der Waals surface area (Å²) in [6, 6.07) is 16.3. The molecule has 0 aliphatic carbocycles. The Morgan fingerprint density at radius 3 is 2.21 bits per heavy atom. The van der Waals surface area contributed by atoms with Crippen LogP contribution in [-0.2, 0) is 0 Å². The van der Waals surface area contributed by atoms with Crippen molar-refractivity contribution in [3.8, 4) is 11.5 Å². The normalized spacial score (nSPS) is 10.3. The van der Waals surface area contributed by atoms with Crippen molar-refractivity contribution in [3.05, 3.63) is 60.2 Å². The predicted octanol–water partition coefficient (Wildman–Crippen LogP) is 4.39. The van der Waals surface area contributed by atoms with Crippen LogP contribution in [-0.4, -0.2) is 6.16 Å². The van der Waals surface area contributed by atoms with E-state index in [-0.39, 0.29) is 5.92 Å². The van der Waals surface area contributed by atoms with Crippen LogP contribution in [0.3, 0.4) is 0 Å². The minimum absolute atomic E-state index is 0.278. The summed E-state index contributed by atoms with van der Waals surface area (Å²) < 4.78 is 10.3. The second-order valence-electron chi connectivity index (χ2n) is 4.46. The van der Waals surface area contributed by atoms with Crippen molar-refractivity contribution >= 4 is 6.16 Å². The lowest BCUT2D eigenvalue weighted by molar-refractivity contribution is 0.151. The largest absolute Gasteiger partial charge is 0.519 e. The molecule has 0 heterocycles. The Hall–Kier alpha value is -2.29. The van der Waals surface area contributed by atoms with Gasteiger partial charge in [0.25, 0.3) is 0 Å². The van der Waals surface area contributed by atoms with Crippen molar-refractivity contribution in [2.24, 2.45) is 0 Å². The van der Waals surface area contributed by atoms with Crippen LogP contribution in [0.2, 0.25) is 0 Å². The predicted molar refractivity (Wildman–Crippen MR) is 73.6 cm³/mol. The average Bonchev–Trinajstić information content (AvgIpc) is 2.40. The van der Waals surface area contributed by atoms with E-state index in [0.717, 1.165) is 5.56 Å². The third-order valence-corrected chi connectivity index (χ3v) is 2.68. The van der Waals surface area contributed by atoms with Gasteiger partial charge in [0.1, 0.15) is 11.5 Å². The SMILES string of the molecule is CC(C)c1ccccc1OC(=O)Oc1ccccc1. The highest BCUT2D eigenvalue weighted by Crippen LogP contribution is 2.26. The Balaban J connectivity index is 2.07. The van der Waals surface area contributed by atoms with Crippen molar-refractivity contribution in [1.29, 1.82) is 0 Å². The lowest BCUT2D eigenvalue weighted by Gasteiger charge is -2.12. The molecule has 0 saturated carbocycles. The Morgan fingerprint density at radius 2 is 1.53 bits per heavy atom. The van der Waals surface area contributed by atoms with Gasteiger partial charge in [-0.25, -0.2) is 4.79 Å². The molecule has 0 radical (unpaired) electrons. The highest BCUT2D eigenvalue weighted by molar-refractivity contribution is 5.67. The number of ether oxygens (including phenoxy) is 2. The van der Waals surface area contributed by atoms with Crippen molar-refractivity contribution < 1.29 is 14.3 Å². The van der Waals surface area contributed by atoms with E-state index in [1.54, 1.807) is 30.3 Å². The molecule has 0 spiro atoms. The van der Waals surface area contributed by atoms with E-state index >= 15 is 0 Å². The van der Waals surface area contributed by atoms with Crippen LogP contribution in [0.25, 0.3) is 0 Å². The van der Waals surface area contributed by atoms with Gasteiger partial charge < -0.3 is 9.47 Å². The molecule has 0 unspecified atom stereocenters. The average molecular weight is 256 g/mol. The maximum atomic E-state index is 11.7. The summed E-state index contributed by atoms with van der Waals surface area (Å²) >= 11 is 0. The van der Waals surface area contributed by atoms with Gasteiger partial charge in [0.05, 0.1) is 0 Å². The summed E-state index contributed by atoms with van der Waals surface area (Å²) in [4.78, 5) is 11.7. The number of hydrogen-bond donors (Lipinski definition) is 0. The minimum Gasteiger partial charge on any atom is -0.395 e. The van der Waals surface area contributed by atoms with Gasteiger partial charge in [-0.3, -0.25) is 0 Å². The second kappa shape index (κ2) is 6.05. The molecular formula is C16H16O3. The first-order valence-corrected chi connectivity index (χ1v) is 6.20. The number of para-hydroxylation sites is 2. The number of carbonyl (C=O) groups excluding carboxylic acids is 1. The van der Waals surface area contributed by atoms with E-state index in [0.29, 0.717) is 11.5 Å². The van der Waals surface area contributed by atoms with Crippen LogP contribution in [0.4, 0.5) is 4.79 Å². The highest BCUT2D eigenvalue weighted by Gasteiger charge is 2.12. The zero-order chi connectivity index (χ0) is 13.7. The van der Waals surface area contributed by atoms with E-state index in [4.69, 9.17) is 9.47 Å². The number of carbonyl (C=O) groups is 1. The fraction of sp³-hybridized carbons (Fsp3) is 0.188. The molecule has 3 heteroatoms. The van der Waals surface area contributed by atoms with E-state index in [1.165, 1.54) is 0 Å². The Morgan fingerprint density at radius 1 is 0.895 bits per heavy atom. The lowest BCUT2D eigenvalue weighted by atomic mass is 10.0. The highest BCUT2D eigenvalue weighted by atomic mass is 16.7. The molecule has 2 rings (SSSR count). The molecule has 3 nitrogen and oxygen atoms in total. The zero-order valence-electron chi connectivity index (χ0n) is 11.0. The van der Waals surface area contributed by atoms with Crippen molar-refractivity contribution in [2.75, 3.05) is 0 Å². The molecule has 0 fully saturated rings. The molecule has 0 atom stereocenters. The quantitative estimate of drug-likeness (QED) is 0.603. The van der Waals surface area contributed by atoms with Gasteiger partial charge in [-0.1, -0.05) is 50.2 Å². The first kappa shape index (κ1) is 13.1. The second-order valence-corrected chi connectivity index (χ2v) is 4.46. The third kappa shape index (κ3) is 3.58. The molecule has 98 valence electrons. The summed E-state index contributed by atoms with van der Waals surface area (Å²) in [7, 11) is 0. The fourth-order valence-electron chi connectivity index (χ4n) is 1.75. The molecule has 0 bridgehead atoms. The molecule has 0 saturated heterocycles. The molecule has 0 aliphatic rings. The number of hydrogen-bond acceptors (Lipinski definition) is 3. The van der Waals surface area contributed by atoms with E-state index in [1.807, 2.05) is 38.1 Å².